The minimum Gasteiger partial charge on any atom is -0.234 e. The molecule has 2 heteroatoms. The first-order valence-electron chi connectivity index (χ1n) is 15.9. The Morgan fingerprint density at radius 2 is 0.912 bits per heavy atom. The van der Waals surface area contributed by atoms with Crippen LogP contribution in [0.5, 0.6) is 0 Å². The van der Waals surface area contributed by atoms with E-state index in [-0.39, 0.29) is 0 Å². The van der Waals surface area contributed by atoms with Crippen molar-refractivity contribution in [2.24, 2.45) is 0 Å². The topological polar surface area (TPSA) is 8.81 Å². The van der Waals surface area contributed by atoms with Gasteiger partial charge in [0.05, 0.1) is 13.1 Å². The highest BCUT2D eigenvalue weighted by Crippen LogP contribution is 2.14. The van der Waals surface area contributed by atoms with Gasteiger partial charge in [0, 0.05) is 6.42 Å². The van der Waals surface area contributed by atoms with Crippen molar-refractivity contribution >= 4 is 0 Å². The van der Waals surface area contributed by atoms with Gasteiger partial charge in [-0.25, -0.2) is 9.13 Å². The van der Waals surface area contributed by atoms with E-state index in [4.69, 9.17) is 0 Å². The van der Waals surface area contributed by atoms with Crippen molar-refractivity contribution < 1.29 is 4.57 Å². The molecule has 0 spiro atoms. The zero-order chi connectivity index (χ0) is 24.5. The van der Waals surface area contributed by atoms with Crippen LogP contribution >= 0.6 is 0 Å². The van der Waals surface area contributed by atoms with Crippen LogP contribution in [0.15, 0.2) is 12.4 Å². The summed E-state index contributed by atoms with van der Waals surface area (Å²) in [6, 6.07) is 0. The number of unbranched alkanes of at least 4 members (excludes halogenated alkanes) is 20. The maximum Gasteiger partial charge on any atom is 0.256 e. The Labute approximate surface area is 215 Å². The third-order valence-corrected chi connectivity index (χ3v) is 7.56. The maximum absolute atomic E-state index is 2.57. The molecule has 1 aromatic heterocycles. The number of imidazole rings is 1. The van der Waals surface area contributed by atoms with Gasteiger partial charge in [0.1, 0.15) is 12.4 Å². The first kappa shape index (κ1) is 31.2. The lowest BCUT2D eigenvalue weighted by Crippen LogP contribution is -2.37. The zero-order valence-electron chi connectivity index (χ0n) is 23.9. The molecule has 0 saturated heterocycles. The molecule has 0 aromatic carbocycles. The molecule has 0 unspecified atom stereocenters. The molecule has 34 heavy (non-hydrogen) atoms. The molecular weight excluding hydrogens is 412 g/mol. The van der Waals surface area contributed by atoms with Gasteiger partial charge in [-0.2, -0.15) is 0 Å². The molecule has 0 atom stereocenters. The largest absolute Gasteiger partial charge is 0.256 e. The van der Waals surface area contributed by atoms with Crippen molar-refractivity contribution in [1.82, 2.24) is 4.57 Å². The van der Waals surface area contributed by atoms with Gasteiger partial charge in [-0.05, 0) is 25.7 Å². The highest BCUT2D eigenvalue weighted by Gasteiger charge is 2.15. The molecule has 0 radical (unpaired) electrons. The summed E-state index contributed by atoms with van der Waals surface area (Å²) in [6.07, 6.45) is 38.7. The molecule has 0 fully saturated rings. The van der Waals surface area contributed by atoms with Crippen molar-refractivity contribution in [1.29, 1.82) is 0 Å². The Hall–Kier alpha value is -0.790. The van der Waals surface area contributed by atoms with Crippen LogP contribution in [-0.4, -0.2) is 4.57 Å². The van der Waals surface area contributed by atoms with E-state index in [0.29, 0.717) is 0 Å². The lowest BCUT2D eigenvalue weighted by Gasteiger charge is -2.06. The van der Waals surface area contributed by atoms with Crippen LogP contribution in [0.2, 0.25) is 0 Å². The van der Waals surface area contributed by atoms with Crippen LogP contribution in [0.25, 0.3) is 0 Å². The van der Waals surface area contributed by atoms with Crippen LogP contribution in [-0.2, 0) is 19.5 Å². The number of nitrogens with zero attached hydrogens (tertiary/aromatic N) is 2. The fourth-order valence-electron chi connectivity index (χ4n) is 5.33. The van der Waals surface area contributed by atoms with Gasteiger partial charge in [-0.3, -0.25) is 0 Å². The number of aryl methyl sites for hydroxylation is 2. The standard InChI is InChI=1S/C32H63N2/c1-4-7-9-11-13-14-15-16-17-18-19-20-21-22-24-26-29-34-31-30-33(28-6-3)32(34)27-25-23-12-10-8-5-2/h30-31H,4-29H2,1-3H3/q+1. The molecule has 0 aliphatic carbocycles. The normalized spacial score (nSPS) is 11.5. The second-order valence-electron chi connectivity index (χ2n) is 10.9. The molecule has 1 rings (SSSR count). The third-order valence-electron chi connectivity index (χ3n) is 7.56. The average Bonchev–Trinajstić information content (AvgIpc) is 3.22. The van der Waals surface area contributed by atoms with Gasteiger partial charge in [-0.15, -0.1) is 0 Å². The summed E-state index contributed by atoms with van der Waals surface area (Å²) in [5, 5.41) is 0. The summed E-state index contributed by atoms with van der Waals surface area (Å²) >= 11 is 0. The predicted molar refractivity (Wildman–Crippen MR) is 152 cm³/mol. The van der Waals surface area contributed by atoms with Gasteiger partial charge in [-0.1, -0.05) is 143 Å². The second-order valence-corrected chi connectivity index (χ2v) is 10.9. The minimum atomic E-state index is 1.18. The summed E-state index contributed by atoms with van der Waals surface area (Å²) < 4.78 is 5.10. The van der Waals surface area contributed by atoms with E-state index in [1.807, 2.05) is 0 Å². The quantitative estimate of drug-likeness (QED) is 0.0930. The van der Waals surface area contributed by atoms with E-state index >= 15 is 0 Å². The molecule has 0 amide bonds. The predicted octanol–water partition coefficient (Wildman–Crippen LogP) is 10.4. The van der Waals surface area contributed by atoms with Crippen LogP contribution in [0.3, 0.4) is 0 Å². The molecule has 0 saturated carbocycles. The van der Waals surface area contributed by atoms with Crippen LogP contribution in [0.1, 0.15) is 174 Å². The van der Waals surface area contributed by atoms with Crippen molar-refractivity contribution in [3.05, 3.63) is 18.2 Å². The van der Waals surface area contributed by atoms with Crippen LogP contribution in [0, 0.1) is 0 Å². The Balaban J connectivity index is 2.03. The summed E-state index contributed by atoms with van der Waals surface area (Å²) in [7, 11) is 0. The van der Waals surface area contributed by atoms with Gasteiger partial charge < -0.3 is 0 Å². The monoisotopic (exact) mass is 475 g/mol. The van der Waals surface area contributed by atoms with Crippen LogP contribution in [0.4, 0.5) is 0 Å². The lowest BCUT2D eigenvalue weighted by molar-refractivity contribution is -0.703. The van der Waals surface area contributed by atoms with Gasteiger partial charge >= 0.3 is 0 Å². The average molecular weight is 476 g/mol. The maximum atomic E-state index is 2.57. The highest BCUT2D eigenvalue weighted by atomic mass is 15.1. The van der Waals surface area contributed by atoms with Crippen molar-refractivity contribution in [2.75, 3.05) is 0 Å². The van der Waals surface area contributed by atoms with E-state index in [9.17, 15) is 0 Å². The molecule has 1 aromatic rings. The molecule has 0 bridgehead atoms. The molecule has 0 aliphatic rings. The van der Waals surface area contributed by atoms with E-state index < -0.39 is 0 Å². The summed E-state index contributed by atoms with van der Waals surface area (Å²) in [5.41, 5.74) is 0. The van der Waals surface area contributed by atoms with Gasteiger partial charge in [0.25, 0.3) is 5.82 Å². The first-order valence-corrected chi connectivity index (χ1v) is 15.9. The molecule has 0 aliphatic heterocycles. The Bertz CT molecular complexity index is 533. The van der Waals surface area contributed by atoms with E-state index in [0.717, 1.165) is 0 Å². The van der Waals surface area contributed by atoms with Crippen LogP contribution < -0.4 is 4.57 Å². The SMILES string of the molecule is CCCCCCCCCCCCCCCCCCn1cc[n+](CCC)c1CCCCCCCC. The van der Waals surface area contributed by atoms with Crippen molar-refractivity contribution in [2.45, 2.75) is 188 Å². The molecular formula is C32H63N2+. The number of hydrogen-bond acceptors (Lipinski definition) is 0. The smallest absolute Gasteiger partial charge is 0.234 e. The van der Waals surface area contributed by atoms with E-state index in [1.54, 1.807) is 5.82 Å². The second kappa shape index (κ2) is 23.9. The summed E-state index contributed by atoms with van der Waals surface area (Å²) in [5.74, 6) is 1.58. The minimum absolute atomic E-state index is 1.18. The fourth-order valence-corrected chi connectivity index (χ4v) is 5.33. The zero-order valence-corrected chi connectivity index (χ0v) is 23.9. The van der Waals surface area contributed by atoms with Crippen molar-refractivity contribution in [3.8, 4) is 0 Å². The fraction of sp³-hybridized carbons (Fsp3) is 0.906. The lowest BCUT2D eigenvalue weighted by atomic mass is 10.0. The molecule has 200 valence electrons. The molecule has 1 heterocycles. The molecule has 0 N–H and O–H groups in total. The Kier molecular flexibility index (Phi) is 22.0. The Morgan fingerprint density at radius 1 is 0.500 bits per heavy atom. The van der Waals surface area contributed by atoms with Crippen molar-refractivity contribution in [3.63, 3.8) is 0 Å². The highest BCUT2D eigenvalue weighted by molar-refractivity contribution is 4.84. The number of hydrogen-bond donors (Lipinski definition) is 0. The van der Waals surface area contributed by atoms with E-state index in [1.165, 1.54) is 167 Å². The number of rotatable bonds is 26. The third kappa shape index (κ3) is 16.8. The number of aromatic nitrogens is 2. The summed E-state index contributed by atoms with van der Waals surface area (Å²) in [4.78, 5) is 0. The molecule has 2 nitrogen and oxygen atoms in total. The van der Waals surface area contributed by atoms with E-state index in [2.05, 4.69) is 42.3 Å². The van der Waals surface area contributed by atoms with Gasteiger partial charge in [0.15, 0.2) is 0 Å². The first-order chi connectivity index (χ1) is 16.8. The summed E-state index contributed by atoms with van der Waals surface area (Å²) in [6.45, 7) is 9.31. The van der Waals surface area contributed by atoms with Gasteiger partial charge in [0.2, 0.25) is 0 Å². The Morgan fingerprint density at radius 3 is 1.35 bits per heavy atom.